The van der Waals surface area contributed by atoms with E-state index >= 15 is 0 Å². The molecule has 1 saturated heterocycles. The molecule has 5 nitrogen and oxygen atoms in total. The van der Waals surface area contributed by atoms with Crippen molar-refractivity contribution < 1.29 is 23.0 Å². The molecule has 1 fully saturated rings. The molecule has 0 radical (unpaired) electrons. The molecule has 0 unspecified atom stereocenters. The molecule has 3 rings (SSSR count). The topological polar surface area (TPSA) is 50.8 Å². The van der Waals surface area contributed by atoms with Crippen LogP contribution in [-0.4, -0.2) is 37.6 Å². The summed E-state index contributed by atoms with van der Waals surface area (Å²) in [6.07, 6.45) is 2.42. The molecule has 2 aromatic carbocycles. The van der Waals surface area contributed by atoms with Crippen molar-refractivity contribution in [1.82, 2.24) is 4.90 Å². The Balaban J connectivity index is 1.71. The molecule has 0 aromatic heterocycles. The van der Waals surface area contributed by atoms with Gasteiger partial charge in [-0.3, -0.25) is 9.69 Å². The minimum Gasteiger partial charge on any atom is -0.493 e. The molecule has 144 valence electrons. The number of alkyl halides is 2. The highest BCUT2D eigenvalue weighted by Crippen LogP contribution is 2.31. The second-order valence-electron chi connectivity index (χ2n) is 6.38. The summed E-state index contributed by atoms with van der Waals surface area (Å²) in [6.45, 7) is -0.00689. The first-order chi connectivity index (χ1) is 13.0. The molecular weight excluding hydrogens is 354 g/mol. The van der Waals surface area contributed by atoms with Crippen molar-refractivity contribution in [3.63, 3.8) is 0 Å². The average molecular weight is 376 g/mol. The summed E-state index contributed by atoms with van der Waals surface area (Å²) in [5.74, 6) is -0.277. The third-order valence-electron chi connectivity index (χ3n) is 4.43. The highest BCUT2D eigenvalue weighted by Gasteiger charge is 2.15. The van der Waals surface area contributed by atoms with E-state index in [0.717, 1.165) is 25.2 Å². The minimum absolute atomic E-state index is 0.131. The van der Waals surface area contributed by atoms with Gasteiger partial charge in [0, 0.05) is 23.9 Å². The van der Waals surface area contributed by atoms with Crippen molar-refractivity contribution in [3.8, 4) is 11.5 Å². The Kier molecular flexibility index (Phi) is 6.24. The van der Waals surface area contributed by atoms with Crippen LogP contribution in [0.3, 0.4) is 0 Å². The number of nitrogens with one attached hydrogen (secondary N) is 1. The number of anilines is 1. The molecule has 0 bridgehead atoms. The van der Waals surface area contributed by atoms with Crippen LogP contribution in [0.4, 0.5) is 14.5 Å². The van der Waals surface area contributed by atoms with Gasteiger partial charge in [-0.25, -0.2) is 0 Å². The van der Waals surface area contributed by atoms with E-state index in [-0.39, 0.29) is 17.4 Å². The zero-order valence-corrected chi connectivity index (χ0v) is 15.1. The van der Waals surface area contributed by atoms with Crippen molar-refractivity contribution in [3.05, 3.63) is 53.6 Å². The maximum absolute atomic E-state index is 12.5. The van der Waals surface area contributed by atoms with E-state index in [0.29, 0.717) is 11.3 Å². The molecule has 1 heterocycles. The fraction of sp³-hybridized carbons (Fsp3) is 0.350. The van der Waals surface area contributed by atoms with E-state index in [4.69, 9.17) is 4.74 Å². The molecule has 0 saturated carbocycles. The van der Waals surface area contributed by atoms with Gasteiger partial charge in [0.1, 0.15) is 0 Å². The van der Waals surface area contributed by atoms with E-state index in [2.05, 4.69) is 15.0 Å². The van der Waals surface area contributed by atoms with Crippen molar-refractivity contribution in [2.45, 2.75) is 26.0 Å². The van der Waals surface area contributed by atoms with Gasteiger partial charge in [0.05, 0.1) is 7.11 Å². The molecule has 1 aliphatic rings. The molecule has 0 spiro atoms. The third-order valence-corrected chi connectivity index (χ3v) is 4.43. The Morgan fingerprint density at radius 3 is 2.63 bits per heavy atom. The predicted octanol–water partition coefficient (Wildman–Crippen LogP) is 4.14. The zero-order chi connectivity index (χ0) is 19.2. The van der Waals surface area contributed by atoms with Crippen LogP contribution in [0.1, 0.15) is 28.8 Å². The van der Waals surface area contributed by atoms with E-state index < -0.39 is 6.61 Å². The van der Waals surface area contributed by atoms with Gasteiger partial charge in [-0.05, 0) is 55.8 Å². The van der Waals surface area contributed by atoms with Crippen LogP contribution < -0.4 is 14.8 Å². The Morgan fingerprint density at radius 1 is 1.15 bits per heavy atom. The predicted molar refractivity (Wildman–Crippen MR) is 98.5 cm³/mol. The Hall–Kier alpha value is -2.67. The lowest BCUT2D eigenvalue weighted by Gasteiger charge is -2.15. The lowest BCUT2D eigenvalue weighted by atomic mass is 10.1. The number of carbonyl (C=O) groups is 1. The largest absolute Gasteiger partial charge is 0.493 e. The SMILES string of the molecule is COc1ccc(NC(=O)c2cccc(CN3CCCC3)c2)cc1OC(F)F. The molecule has 7 heteroatoms. The number of ether oxygens (including phenoxy) is 2. The number of likely N-dealkylation sites (tertiary alicyclic amines) is 1. The molecule has 2 aromatic rings. The number of methoxy groups -OCH3 is 1. The third kappa shape index (κ3) is 5.17. The Morgan fingerprint density at radius 2 is 1.93 bits per heavy atom. The van der Waals surface area contributed by atoms with Crippen molar-refractivity contribution in [2.75, 3.05) is 25.5 Å². The standard InChI is InChI=1S/C20H22F2N2O3/c1-26-17-8-7-16(12-18(17)27-20(21)22)23-19(25)15-6-4-5-14(11-15)13-24-9-2-3-10-24/h4-8,11-12,20H,2-3,9-10,13H2,1H3,(H,23,25). The van der Waals surface area contributed by atoms with Gasteiger partial charge in [-0.2, -0.15) is 8.78 Å². The molecule has 1 amide bonds. The van der Waals surface area contributed by atoms with E-state index in [1.807, 2.05) is 18.2 Å². The van der Waals surface area contributed by atoms with Crippen LogP contribution >= 0.6 is 0 Å². The fourth-order valence-electron chi connectivity index (χ4n) is 3.16. The summed E-state index contributed by atoms with van der Waals surface area (Å²) in [6, 6.07) is 11.8. The number of rotatable bonds is 7. The summed E-state index contributed by atoms with van der Waals surface area (Å²) in [5.41, 5.74) is 1.93. The van der Waals surface area contributed by atoms with Gasteiger partial charge in [0.15, 0.2) is 11.5 Å². The number of nitrogens with zero attached hydrogens (tertiary/aromatic N) is 1. The number of benzene rings is 2. The number of carbonyl (C=O) groups excluding carboxylic acids is 1. The number of hydrogen-bond donors (Lipinski definition) is 1. The summed E-state index contributed by atoms with van der Waals surface area (Å²) >= 11 is 0. The van der Waals surface area contributed by atoms with Crippen LogP contribution in [0, 0.1) is 0 Å². The number of amides is 1. The second kappa shape index (κ2) is 8.81. The second-order valence-corrected chi connectivity index (χ2v) is 6.38. The first kappa shape index (κ1) is 19.1. The summed E-state index contributed by atoms with van der Waals surface area (Å²) in [7, 11) is 1.36. The van der Waals surface area contributed by atoms with Crippen molar-refractivity contribution in [1.29, 1.82) is 0 Å². The van der Waals surface area contributed by atoms with Gasteiger partial charge in [-0.1, -0.05) is 12.1 Å². The minimum atomic E-state index is -2.98. The fourth-order valence-corrected chi connectivity index (χ4v) is 3.16. The molecule has 1 N–H and O–H groups in total. The van der Waals surface area contributed by atoms with Gasteiger partial charge in [0.2, 0.25) is 0 Å². The first-order valence-corrected chi connectivity index (χ1v) is 8.80. The lowest BCUT2D eigenvalue weighted by Crippen LogP contribution is -2.19. The summed E-state index contributed by atoms with van der Waals surface area (Å²) < 4.78 is 34.5. The smallest absolute Gasteiger partial charge is 0.387 e. The Labute approximate surface area is 156 Å². The van der Waals surface area contributed by atoms with Crippen molar-refractivity contribution in [2.24, 2.45) is 0 Å². The van der Waals surface area contributed by atoms with E-state index in [9.17, 15) is 13.6 Å². The molecule has 27 heavy (non-hydrogen) atoms. The monoisotopic (exact) mass is 376 g/mol. The van der Waals surface area contributed by atoms with Crippen LogP contribution in [-0.2, 0) is 6.54 Å². The lowest BCUT2D eigenvalue weighted by molar-refractivity contribution is -0.0511. The zero-order valence-electron chi connectivity index (χ0n) is 15.1. The maximum atomic E-state index is 12.5. The van der Waals surface area contributed by atoms with Crippen molar-refractivity contribution >= 4 is 11.6 Å². The molecule has 1 aliphatic heterocycles. The average Bonchev–Trinajstić information content (AvgIpc) is 3.15. The van der Waals surface area contributed by atoms with Crippen LogP contribution in [0.15, 0.2) is 42.5 Å². The highest BCUT2D eigenvalue weighted by molar-refractivity contribution is 6.04. The van der Waals surface area contributed by atoms with Gasteiger partial charge in [0.25, 0.3) is 5.91 Å². The Bertz CT molecular complexity index is 793. The van der Waals surface area contributed by atoms with Crippen LogP contribution in [0.25, 0.3) is 0 Å². The van der Waals surface area contributed by atoms with Crippen LogP contribution in [0.2, 0.25) is 0 Å². The summed E-state index contributed by atoms with van der Waals surface area (Å²) in [4.78, 5) is 14.9. The van der Waals surface area contributed by atoms with Crippen LogP contribution in [0.5, 0.6) is 11.5 Å². The van der Waals surface area contributed by atoms with Gasteiger partial charge < -0.3 is 14.8 Å². The number of hydrogen-bond acceptors (Lipinski definition) is 4. The quantitative estimate of drug-likeness (QED) is 0.789. The van der Waals surface area contributed by atoms with E-state index in [1.165, 1.54) is 32.1 Å². The molecule has 0 atom stereocenters. The maximum Gasteiger partial charge on any atom is 0.387 e. The van der Waals surface area contributed by atoms with Gasteiger partial charge >= 0.3 is 6.61 Å². The first-order valence-electron chi connectivity index (χ1n) is 8.80. The number of halogens is 2. The normalized spacial score (nSPS) is 14.4. The van der Waals surface area contributed by atoms with Gasteiger partial charge in [-0.15, -0.1) is 0 Å². The molecule has 0 aliphatic carbocycles. The molecular formula is C20H22F2N2O3. The highest BCUT2D eigenvalue weighted by atomic mass is 19.3. The summed E-state index contributed by atoms with van der Waals surface area (Å²) in [5, 5.41) is 2.71. The van der Waals surface area contributed by atoms with E-state index in [1.54, 1.807) is 12.1 Å².